The second-order valence-electron chi connectivity index (χ2n) is 8.95. The zero-order chi connectivity index (χ0) is 23.7. The van der Waals surface area contributed by atoms with Crippen LogP contribution in [0.3, 0.4) is 0 Å². The van der Waals surface area contributed by atoms with Crippen LogP contribution < -0.4 is 16.0 Å². The van der Waals surface area contributed by atoms with E-state index >= 15 is 0 Å². The minimum absolute atomic E-state index is 0.0212. The number of nitrogens with zero attached hydrogens (tertiary/aromatic N) is 5. The largest absolute Gasteiger partial charge is 0.382 e. The van der Waals surface area contributed by atoms with Crippen molar-refractivity contribution in [1.29, 1.82) is 5.26 Å². The van der Waals surface area contributed by atoms with Crippen LogP contribution in [0.15, 0.2) is 30.7 Å². The highest BCUT2D eigenvalue weighted by molar-refractivity contribution is 6.00. The quantitative estimate of drug-likeness (QED) is 0.515. The molecule has 10 nitrogen and oxygen atoms in total. The van der Waals surface area contributed by atoms with Gasteiger partial charge in [0.25, 0.3) is 5.91 Å². The first-order valence-electron chi connectivity index (χ1n) is 11.6. The monoisotopic (exact) mass is 458 g/mol. The van der Waals surface area contributed by atoms with E-state index in [1.165, 1.54) is 6.20 Å². The van der Waals surface area contributed by atoms with E-state index in [0.717, 1.165) is 43.9 Å². The van der Waals surface area contributed by atoms with Gasteiger partial charge in [-0.25, -0.2) is 9.97 Å². The fraction of sp³-hybridized carbons (Fsp3) is 0.417. The molecule has 0 saturated heterocycles. The molecule has 2 aliphatic carbocycles. The third-order valence-corrected chi connectivity index (χ3v) is 6.50. The topological polar surface area (TPSA) is 138 Å². The predicted molar refractivity (Wildman–Crippen MR) is 125 cm³/mol. The fourth-order valence-electron chi connectivity index (χ4n) is 4.43. The molecule has 2 saturated carbocycles. The lowest BCUT2D eigenvalue weighted by atomic mass is 9.85. The minimum atomic E-state index is -0.173. The van der Waals surface area contributed by atoms with E-state index in [1.807, 2.05) is 6.07 Å². The molecule has 0 radical (unpaired) electrons. The summed E-state index contributed by atoms with van der Waals surface area (Å²) in [5, 5.41) is 23.5. The second-order valence-corrected chi connectivity index (χ2v) is 8.95. The molecule has 3 heterocycles. The fourth-order valence-corrected chi connectivity index (χ4v) is 4.43. The summed E-state index contributed by atoms with van der Waals surface area (Å²) in [5.41, 5.74) is 2.25. The number of pyridine rings is 2. The Bertz CT molecular complexity index is 1280. The lowest BCUT2D eigenvalue weighted by Gasteiger charge is -2.28. The van der Waals surface area contributed by atoms with Gasteiger partial charge in [-0.2, -0.15) is 15.0 Å². The van der Waals surface area contributed by atoms with Crippen molar-refractivity contribution in [2.24, 2.45) is 5.92 Å². The van der Waals surface area contributed by atoms with Gasteiger partial charge in [0.15, 0.2) is 11.5 Å². The number of nitrogens with one attached hydrogen (secondary N) is 3. The van der Waals surface area contributed by atoms with Crippen LogP contribution in [0.1, 0.15) is 54.4 Å². The Morgan fingerprint density at radius 3 is 2.50 bits per heavy atom. The van der Waals surface area contributed by atoms with Crippen LogP contribution in [0.25, 0.3) is 16.9 Å². The molecular weight excluding hydrogens is 432 g/mol. The molecule has 0 spiro atoms. The zero-order valence-electron chi connectivity index (χ0n) is 18.9. The number of nitriles is 1. The summed E-state index contributed by atoms with van der Waals surface area (Å²) in [4.78, 5) is 33.9. The van der Waals surface area contributed by atoms with Crippen LogP contribution in [-0.2, 0) is 4.79 Å². The molecule has 34 heavy (non-hydrogen) atoms. The molecule has 0 aromatic carbocycles. The van der Waals surface area contributed by atoms with Crippen molar-refractivity contribution in [3.05, 3.63) is 41.9 Å². The van der Waals surface area contributed by atoms with Crippen LogP contribution in [0.5, 0.6) is 0 Å². The normalized spacial score (nSPS) is 19.9. The first kappa shape index (κ1) is 21.8. The Labute approximate surface area is 196 Å². The average molecular weight is 459 g/mol. The molecule has 0 unspecified atom stereocenters. The maximum atomic E-state index is 13.2. The molecule has 5 rings (SSSR count). The molecule has 2 fully saturated rings. The third-order valence-electron chi connectivity index (χ3n) is 6.50. The second kappa shape index (κ2) is 9.09. The summed E-state index contributed by atoms with van der Waals surface area (Å²) >= 11 is 0. The maximum Gasteiger partial charge on any atom is 0.255 e. The lowest BCUT2D eigenvalue weighted by Crippen LogP contribution is -2.40. The van der Waals surface area contributed by atoms with Crippen LogP contribution >= 0.6 is 0 Å². The van der Waals surface area contributed by atoms with E-state index in [-0.39, 0.29) is 23.8 Å². The Morgan fingerprint density at radius 2 is 1.79 bits per heavy atom. The van der Waals surface area contributed by atoms with Crippen LogP contribution in [0.4, 0.5) is 5.69 Å². The number of fused-ring (bicyclic) bond motifs is 1. The maximum absolute atomic E-state index is 13.2. The minimum Gasteiger partial charge on any atom is -0.382 e. The van der Waals surface area contributed by atoms with Crippen LogP contribution in [0, 0.1) is 17.2 Å². The first-order chi connectivity index (χ1) is 16.6. The summed E-state index contributed by atoms with van der Waals surface area (Å²) in [6.07, 6.45) is 9.93. The summed E-state index contributed by atoms with van der Waals surface area (Å²) in [6, 6.07) is 6.01. The third kappa shape index (κ3) is 4.41. The van der Waals surface area contributed by atoms with Gasteiger partial charge in [-0.05, 0) is 44.6 Å². The van der Waals surface area contributed by atoms with Gasteiger partial charge in [-0.3, -0.25) is 9.59 Å². The van der Waals surface area contributed by atoms with Crippen molar-refractivity contribution in [3.8, 4) is 11.9 Å². The highest BCUT2D eigenvalue weighted by Gasteiger charge is 2.28. The van der Waals surface area contributed by atoms with Gasteiger partial charge < -0.3 is 16.0 Å². The Morgan fingerprint density at radius 1 is 1.03 bits per heavy atom. The van der Waals surface area contributed by atoms with E-state index in [4.69, 9.17) is 5.26 Å². The molecule has 2 amide bonds. The SMILES string of the molecule is CNC(=O)[C@H]1CC[C@H](NC(=O)c2cnc(-n3ncc4cc(C#N)cnc43)cc2NC2CC2)CC1. The van der Waals surface area contributed by atoms with Gasteiger partial charge in [-0.15, -0.1) is 0 Å². The van der Waals surface area contributed by atoms with Crippen molar-refractivity contribution in [2.45, 2.75) is 50.6 Å². The molecule has 0 aliphatic heterocycles. The van der Waals surface area contributed by atoms with Crippen molar-refractivity contribution < 1.29 is 9.59 Å². The smallest absolute Gasteiger partial charge is 0.255 e. The number of hydrogen-bond donors (Lipinski definition) is 3. The van der Waals surface area contributed by atoms with Crippen molar-refractivity contribution in [1.82, 2.24) is 30.4 Å². The molecule has 3 aromatic heterocycles. The van der Waals surface area contributed by atoms with E-state index in [1.54, 1.807) is 30.2 Å². The Hall–Kier alpha value is -4.00. The van der Waals surface area contributed by atoms with Gasteiger partial charge in [0, 0.05) is 48.9 Å². The van der Waals surface area contributed by atoms with Gasteiger partial charge in [-0.1, -0.05) is 0 Å². The van der Waals surface area contributed by atoms with Gasteiger partial charge in [0.2, 0.25) is 5.91 Å². The van der Waals surface area contributed by atoms with Gasteiger partial charge >= 0.3 is 0 Å². The number of carbonyl (C=O) groups excluding carboxylic acids is 2. The van der Waals surface area contributed by atoms with E-state index in [2.05, 4.69) is 37.1 Å². The summed E-state index contributed by atoms with van der Waals surface area (Å²) in [7, 11) is 1.66. The molecule has 0 bridgehead atoms. The number of carbonyl (C=O) groups is 2. The number of amides is 2. The Kier molecular flexibility index (Phi) is 5.84. The molecule has 0 atom stereocenters. The molecule has 3 aromatic rings. The number of rotatable bonds is 6. The Balaban J connectivity index is 1.37. The molecular formula is C24H26N8O2. The zero-order valence-corrected chi connectivity index (χ0v) is 18.9. The van der Waals surface area contributed by atoms with E-state index < -0.39 is 0 Å². The molecule has 174 valence electrons. The molecule has 10 heteroatoms. The number of anilines is 1. The van der Waals surface area contributed by atoms with E-state index in [9.17, 15) is 9.59 Å². The molecule has 2 aliphatic rings. The summed E-state index contributed by atoms with van der Waals surface area (Å²) in [5.74, 6) is 0.462. The number of aromatic nitrogens is 4. The first-order valence-corrected chi connectivity index (χ1v) is 11.6. The van der Waals surface area contributed by atoms with Gasteiger partial charge in [0.1, 0.15) is 6.07 Å². The van der Waals surface area contributed by atoms with Gasteiger partial charge in [0.05, 0.1) is 23.0 Å². The van der Waals surface area contributed by atoms with Crippen LogP contribution in [-0.4, -0.2) is 50.7 Å². The average Bonchev–Trinajstić information content (AvgIpc) is 3.58. The van der Waals surface area contributed by atoms with Crippen molar-refractivity contribution in [3.63, 3.8) is 0 Å². The van der Waals surface area contributed by atoms with Crippen LogP contribution in [0.2, 0.25) is 0 Å². The van der Waals surface area contributed by atoms with Crippen molar-refractivity contribution >= 4 is 28.5 Å². The highest BCUT2D eigenvalue weighted by atomic mass is 16.2. The standard InChI is InChI=1S/C24H26N8O2/c1-26-23(33)15-2-4-18(5-3-15)31-24(34)19-13-27-21(9-20(19)30-17-6-7-17)32-22-16(12-29-32)8-14(10-25)11-28-22/h8-9,11-13,15,17-18H,2-7H2,1H3,(H,26,33)(H,27,30)(H,31,34)/t15-,18-. The highest BCUT2D eigenvalue weighted by Crippen LogP contribution is 2.29. The number of hydrogen-bond acceptors (Lipinski definition) is 7. The summed E-state index contributed by atoms with van der Waals surface area (Å²) in [6.45, 7) is 0. The lowest BCUT2D eigenvalue weighted by molar-refractivity contribution is -0.125. The van der Waals surface area contributed by atoms with Crippen molar-refractivity contribution in [2.75, 3.05) is 12.4 Å². The molecule has 3 N–H and O–H groups in total. The van der Waals surface area contributed by atoms with E-state index in [0.29, 0.717) is 34.3 Å². The summed E-state index contributed by atoms with van der Waals surface area (Å²) < 4.78 is 1.61. The predicted octanol–water partition coefficient (Wildman–Crippen LogP) is 2.30.